The smallest absolute Gasteiger partial charge is 0.328 e. The van der Waals surface area contributed by atoms with E-state index in [4.69, 9.17) is 9.15 Å². The molecule has 0 spiro atoms. The Morgan fingerprint density at radius 3 is 2.60 bits per heavy atom. The second kappa shape index (κ2) is 8.16. The average molecular weight is 408 g/mol. The predicted molar refractivity (Wildman–Crippen MR) is 107 cm³/mol. The Labute approximate surface area is 169 Å². The molecule has 0 atom stereocenters. The second-order valence-electron chi connectivity index (χ2n) is 6.41. The number of nitrogens with zero attached hydrogens (tertiary/aromatic N) is 3. The van der Waals surface area contributed by atoms with E-state index in [0.29, 0.717) is 12.2 Å². The fourth-order valence-corrected chi connectivity index (χ4v) is 2.70. The summed E-state index contributed by atoms with van der Waals surface area (Å²) in [5.41, 5.74) is 0.158. The van der Waals surface area contributed by atoms with E-state index in [-0.39, 0.29) is 23.0 Å². The first-order chi connectivity index (χ1) is 14.5. The van der Waals surface area contributed by atoms with E-state index >= 15 is 0 Å². The maximum absolute atomic E-state index is 13.0. The van der Waals surface area contributed by atoms with E-state index in [1.165, 1.54) is 18.3 Å². The summed E-state index contributed by atoms with van der Waals surface area (Å²) in [6.45, 7) is 2.64. The lowest BCUT2D eigenvalue weighted by atomic mass is 10.2. The molecule has 0 saturated heterocycles. The summed E-state index contributed by atoms with van der Waals surface area (Å²) in [6, 6.07) is 12.0. The Balaban J connectivity index is 1.59. The standard InChI is InChI=1S/C21H17FN4O4/c1-2-11-29-16-9-5-14(6-10-16)19-25-26-20(28)17(12-23-21(26)30-19)24-18(27)13-3-7-15(22)8-4-13/h3-10,12H,2,11H2,1H3,(H,24,27). The quantitative estimate of drug-likeness (QED) is 0.524. The van der Waals surface area contributed by atoms with E-state index < -0.39 is 17.3 Å². The Kier molecular flexibility index (Phi) is 5.25. The Morgan fingerprint density at radius 1 is 1.17 bits per heavy atom. The van der Waals surface area contributed by atoms with Gasteiger partial charge in [-0.1, -0.05) is 6.92 Å². The van der Waals surface area contributed by atoms with Crippen molar-refractivity contribution in [3.05, 3.63) is 76.5 Å². The highest BCUT2D eigenvalue weighted by atomic mass is 19.1. The van der Waals surface area contributed by atoms with Crippen LogP contribution in [-0.4, -0.2) is 27.1 Å². The topological polar surface area (TPSA) is 98.7 Å². The van der Waals surface area contributed by atoms with Crippen LogP contribution in [0, 0.1) is 5.82 Å². The summed E-state index contributed by atoms with van der Waals surface area (Å²) in [5.74, 6) is -0.127. The Morgan fingerprint density at radius 2 is 1.90 bits per heavy atom. The number of aromatic nitrogens is 3. The number of halogens is 1. The molecule has 1 amide bonds. The molecule has 1 N–H and O–H groups in total. The monoisotopic (exact) mass is 408 g/mol. The summed E-state index contributed by atoms with van der Waals surface area (Å²) in [4.78, 5) is 29.0. The number of hydrogen-bond acceptors (Lipinski definition) is 6. The fourth-order valence-electron chi connectivity index (χ4n) is 2.70. The zero-order valence-electron chi connectivity index (χ0n) is 16.0. The zero-order valence-corrected chi connectivity index (χ0v) is 16.0. The van der Waals surface area contributed by atoms with Crippen LogP contribution < -0.4 is 15.6 Å². The highest BCUT2D eigenvalue weighted by Gasteiger charge is 2.15. The van der Waals surface area contributed by atoms with Crippen LogP contribution in [0.4, 0.5) is 10.1 Å². The van der Waals surface area contributed by atoms with E-state index in [1.54, 1.807) is 24.3 Å². The predicted octanol–water partition coefficient (Wildman–Crippen LogP) is 3.53. The lowest BCUT2D eigenvalue weighted by molar-refractivity contribution is 0.102. The average Bonchev–Trinajstić information content (AvgIpc) is 3.20. The molecule has 30 heavy (non-hydrogen) atoms. The van der Waals surface area contributed by atoms with Crippen LogP contribution in [-0.2, 0) is 0 Å². The van der Waals surface area contributed by atoms with E-state index in [0.717, 1.165) is 28.8 Å². The molecular weight excluding hydrogens is 391 g/mol. The minimum absolute atomic E-state index is 0.0129. The molecular formula is C21H17FN4O4. The van der Waals surface area contributed by atoms with Gasteiger partial charge in [-0.05, 0) is 55.0 Å². The lowest BCUT2D eigenvalue weighted by Crippen LogP contribution is -2.23. The highest BCUT2D eigenvalue weighted by Crippen LogP contribution is 2.22. The van der Waals surface area contributed by atoms with Crippen LogP contribution >= 0.6 is 0 Å². The molecule has 4 rings (SSSR count). The van der Waals surface area contributed by atoms with Gasteiger partial charge in [0.15, 0.2) is 0 Å². The number of carbonyl (C=O) groups is 1. The Hall–Kier alpha value is -4.01. The molecule has 152 valence electrons. The molecule has 4 aromatic rings. The number of fused-ring (bicyclic) bond motifs is 1. The largest absolute Gasteiger partial charge is 0.494 e. The van der Waals surface area contributed by atoms with Crippen LogP contribution in [0.15, 0.2) is 63.9 Å². The number of nitrogens with one attached hydrogen (secondary N) is 1. The SMILES string of the molecule is CCCOc1ccc(-c2nn3c(=O)c(NC(=O)c4ccc(F)cc4)cnc3o2)cc1. The number of ether oxygens (including phenoxy) is 1. The fraction of sp³-hybridized carbons (Fsp3) is 0.143. The zero-order chi connectivity index (χ0) is 21.1. The van der Waals surface area contributed by atoms with Gasteiger partial charge in [-0.15, -0.1) is 9.61 Å². The van der Waals surface area contributed by atoms with Crippen molar-refractivity contribution in [3.8, 4) is 17.2 Å². The first-order valence-corrected chi connectivity index (χ1v) is 9.24. The van der Waals surface area contributed by atoms with Crippen molar-refractivity contribution >= 4 is 17.4 Å². The number of anilines is 1. The van der Waals surface area contributed by atoms with Crippen molar-refractivity contribution < 1.29 is 18.3 Å². The molecule has 0 aliphatic rings. The van der Waals surface area contributed by atoms with Crippen molar-refractivity contribution in [2.75, 3.05) is 11.9 Å². The van der Waals surface area contributed by atoms with Crippen LogP contribution in [0.25, 0.3) is 17.3 Å². The molecule has 9 heteroatoms. The highest BCUT2D eigenvalue weighted by molar-refractivity contribution is 6.04. The van der Waals surface area contributed by atoms with Crippen molar-refractivity contribution in [3.63, 3.8) is 0 Å². The molecule has 0 bridgehead atoms. The Bertz CT molecular complexity index is 1250. The van der Waals surface area contributed by atoms with E-state index in [1.807, 2.05) is 6.92 Å². The van der Waals surface area contributed by atoms with Crippen molar-refractivity contribution in [2.24, 2.45) is 0 Å². The van der Waals surface area contributed by atoms with Gasteiger partial charge in [-0.2, -0.15) is 0 Å². The summed E-state index contributed by atoms with van der Waals surface area (Å²) < 4.78 is 25.1. The van der Waals surface area contributed by atoms with Gasteiger partial charge in [0.25, 0.3) is 5.91 Å². The van der Waals surface area contributed by atoms with Gasteiger partial charge < -0.3 is 14.5 Å². The van der Waals surface area contributed by atoms with Gasteiger partial charge in [0, 0.05) is 11.1 Å². The third-order valence-electron chi connectivity index (χ3n) is 4.22. The number of rotatable bonds is 6. The third-order valence-corrected chi connectivity index (χ3v) is 4.22. The van der Waals surface area contributed by atoms with Crippen molar-refractivity contribution in [2.45, 2.75) is 13.3 Å². The summed E-state index contributed by atoms with van der Waals surface area (Å²) in [5, 5.41) is 6.62. The first-order valence-electron chi connectivity index (χ1n) is 9.24. The van der Waals surface area contributed by atoms with Crippen LogP contribution in [0.3, 0.4) is 0 Å². The minimum Gasteiger partial charge on any atom is -0.494 e. The van der Waals surface area contributed by atoms with Gasteiger partial charge in [0.1, 0.15) is 17.3 Å². The van der Waals surface area contributed by atoms with Crippen LogP contribution in [0.2, 0.25) is 0 Å². The molecule has 0 unspecified atom stereocenters. The van der Waals surface area contributed by atoms with Gasteiger partial charge in [0.2, 0.25) is 5.89 Å². The number of carbonyl (C=O) groups excluding carboxylic acids is 1. The summed E-state index contributed by atoms with van der Waals surface area (Å²) in [7, 11) is 0. The van der Waals surface area contributed by atoms with E-state index in [9.17, 15) is 14.0 Å². The maximum Gasteiger partial charge on any atom is 0.328 e. The molecule has 0 saturated carbocycles. The lowest BCUT2D eigenvalue weighted by Gasteiger charge is -2.03. The molecule has 8 nitrogen and oxygen atoms in total. The number of benzene rings is 2. The van der Waals surface area contributed by atoms with Crippen LogP contribution in [0.1, 0.15) is 23.7 Å². The van der Waals surface area contributed by atoms with Gasteiger partial charge in [-0.3, -0.25) is 9.59 Å². The molecule has 0 aliphatic heterocycles. The van der Waals surface area contributed by atoms with Crippen molar-refractivity contribution in [1.82, 2.24) is 14.6 Å². The van der Waals surface area contributed by atoms with Gasteiger partial charge >= 0.3 is 11.4 Å². The van der Waals surface area contributed by atoms with Gasteiger partial charge in [0.05, 0.1) is 12.8 Å². The van der Waals surface area contributed by atoms with Crippen molar-refractivity contribution in [1.29, 1.82) is 0 Å². The minimum atomic E-state index is -0.603. The summed E-state index contributed by atoms with van der Waals surface area (Å²) >= 11 is 0. The molecule has 0 aliphatic carbocycles. The molecule has 0 fully saturated rings. The third kappa shape index (κ3) is 3.90. The maximum atomic E-state index is 13.0. The summed E-state index contributed by atoms with van der Waals surface area (Å²) in [6.07, 6.45) is 2.09. The molecule has 2 aromatic heterocycles. The molecule has 0 radical (unpaired) electrons. The molecule has 2 heterocycles. The number of amides is 1. The first kappa shape index (κ1) is 19.3. The molecule has 2 aromatic carbocycles. The normalized spacial score (nSPS) is 10.9. The second-order valence-corrected chi connectivity index (χ2v) is 6.41. The van der Waals surface area contributed by atoms with Crippen LogP contribution in [0.5, 0.6) is 5.75 Å². The number of hydrogen-bond donors (Lipinski definition) is 1. The van der Waals surface area contributed by atoms with Gasteiger partial charge in [-0.25, -0.2) is 9.37 Å². The van der Waals surface area contributed by atoms with E-state index in [2.05, 4.69) is 15.4 Å².